The van der Waals surface area contributed by atoms with Crippen LogP contribution in [0.15, 0.2) is 48.7 Å². The maximum atomic E-state index is 5.92. The van der Waals surface area contributed by atoms with E-state index in [1.54, 1.807) is 6.20 Å². The van der Waals surface area contributed by atoms with E-state index < -0.39 is 11.2 Å². The minimum absolute atomic E-state index is 0.400. The van der Waals surface area contributed by atoms with Crippen molar-refractivity contribution in [3.63, 3.8) is 0 Å². The zero-order chi connectivity index (χ0) is 15.1. The SMILES string of the molecule is CC1(C)ON(c2ccnc(-c3ccccc3)c2)OC1(C)C. The van der Waals surface area contributed by atoms with Crippen LogP contribution in [0.4, 0.5) is 5.69 Å². The molecule has 1 aromatic carbocycles. The van der Waals surface area contributed by atoms with Gasteiger partial charge < -0.3 is 0 Å². The molecule has 0 N–H and O–H groups in total. The lowest BCUT2D eigenvalue weighted by molar-refractivity contribution is -0.0273. The Balaban J connectivity index is 1.92. The molecule has 1 aromatic heterocycles. The highest BCUT2D eigenvalue weighted by Crippen LogP contribution is 2.40. The lowest BCUT2D eigenvalue weighted by Crippen LogP contribution is -2.41. The summed E-state index contributed by atoms with van der Waals surface area (Å²) in [5.41, 5.74) is 1.99. The minimum atomic E-state index is -0.400. The molecule has 1 saturated heterocycles. The first kappa shape index (κ1) is 14.0. The zero-order valence-corrected chi connectivity index (χ0v) is 12.8. The monoisotopic (exact) mass is 284 g/mol. The number of hydrogen-bond acceptors (Lipinski definition) is 4. The molecule has 4 heteroatoms. The fourth-order valence-corrected chi connectivity index (χ4v) is 2.06. The van der Waals surface area contributed by atoms with Crippen LogP contribution < -0.4 is 5.23 Å². The van der Waals surface area contributed by atoms with Crippen molar-refractivity contribution in [2.45, 2.75) is 38.9 Å². The number of anilines is 1. The van der Waals surface area contributed by atoms with Gasteiger partial charge in [-0.3, -0.25) is 4.98 Å². The third-order valence-corrected chi connectivity index (χ3v) is 4.10. The number of nitrogens with zero attached hydrogens (tertiary/aromatic N) is 2. The molecule has 1 fully saturated rings. The molecule has 0 aliphatic carbocycles. The van der Waals surface area contributed by atoms with E-state index in [-0.39, 0.29) is 0 Å². The van der Waals surface area contributed by atoms with Crippen molar-refractivity contribution < 1.29 is 9.68 Å². The summed E-state index contributed by atoms with van der Waals surface area (Å²) in [6.45, 7) is 8.08. The first-order valence-corrected chi connectivity index (χ1v) is 7.09. The Labute approximate surface area is 125 Å². The summed E-state index contributed by atoms with van der Waals surface area (Å²) in [4.78, 5) is 16.3. The molecule has 2 heterocycles. The smallest absolute Gasteiger partial charge is 0.124 e. The Morgan fingerprint density at radius 3 is 2.14 bits per heavy atom. The first-order chi connectivity index (χ1) is 9.89. The third-order valence-electron chi connectivity index (χ3n) is 4.10. The largest absolute Gasteiger partial charge is 0.256 e. The number of rotatable bonds is 2. The van der Waals surface area contributed by atoms with Crippen molar-refractivity contribution in [1.82, 2.24) is 4.98 Å². The maximum absolute atomic E-state index is 5.92. The minimum Gasteiger partial charge on any atom is -0.256 e. The summed E-state index contributed by atoms with van der Waals surface area (Å²) in [7, 11) is 0. The van der Waals surface area contributed by atoms with Crippen LogP contribution in [0.3, 0.4) is 0 Å². The van der Waals surface area contributed by atoms with E-state index in [9.17, 15) is 0 Å². The molecule has 110 valence electrons. The van der Waals surface area contributed by atoms with Crippen molar-refractivity contribution in [3.8, 4) is 11.3 Å². The average Bonchev–Trinajstić information content (AvgIpc) is 2.69. The quantitative estimate of drug-likeness (QED) is 0.835. The van der Waals surface area contributed by atoms with Gasteiger partial charge >= 0.3 is 0 Å². The van der Waals surface area contributed by atoms with E-state index >= 15 is 0 Å². The van der Waals surface area contributed by atoms with Crippen LogP contribution in [0.25, 0.3) is 11.3 Å². The molecule has 0 radical (unpaired) electrons. The van der Waals surface area contributed by atoms with Gasteiger partial charge in [0.15, 0.2) is 0 Å². The third kappa shape index (κ3) is 2.52. The number of pyridine rings is 1. The highest BCUT2D eigenvalue weighted by atomic mass is 17.0. The molecule has 4 nitrogen and oxygen atoms in total. The Hall–Kier alpha value is -1.91. The van der Waals surface area contributed by atoms with Crippen molar-refractivity contribution in [3.05, 3.63) is 48.7 Å². The van der Waals surface area contributed by atoms with Crippen molar-refractivity contribution >= 4 is 5.69 Å². The lowest BCUT2D eigenvalue weighted by atomic mass is 9.90. The fraction of sp³-hybridized carbons (Fsp3) is 0.353. The normalized spacial score (nSPS) is 19.7. The number of aromatic nitrogens is 1. The lowest BCUT2D eigenvalue weighted by Gasteiger charge is -2.26. The van der Waals surface area contributed by atoms with Crippen LogP contribution in [0.5, 0.6) is 0 Å². The predicted molar refractivity (Wildman–Crippen MR) is 82.5 cm³/mol. The molecule has 0 saturated carbocycles. The van der Waals surface area contributed by atoms with Gasteiger partial charge in [-0.05, 0) is 39.8 Å². The average molecular weight is 284 g/mol. The highest BCUT2D eigenvalue weighted by Gasteiger charge is 2.50. The van der Waals surface area contributed by atoms with E-state index in [0.717, 1.165) is 16.9 Å². The molecular weight excluding hydrogens is 264 g/mol. The molecule has 0 unspecified atom stereocenters. The Morgan fingerprint density at radius 1 is 0.905 bits per heavy atom. The summed E-state index contributed by atoms with van der Waals surface area (Å²) >= 11 is 0. The standard InChI is InChI=1S/C17H20N2O2/c1-16(2)17(3,4)21-19(20-16)14-10-11-18-15(12-14)13-8-6-5-7-9-13/h5-12H,1-4H3. The summed E-state index contributed by atoms with van der Waals surface area (Å²) in [6.07, 6.45) is 1.77. The van der Waals surface area contributed by atoms with Crippen LogP contribution in [-0.2, 0) is 9.68 Å². The van der Waals surface area contributed by atoms with Crippen LogP contribution >= 0.6 is 0 Å². The van der Waals surface area contributed by atoms with Gasteiger partial charge in [0.1, 0.15) is 11.2 Å². The van der Waals surface area contributed by atoms with E-state index in [4.69, 9.17) is 9.68 Å². The van der Waals surface area contributed by atoms with E-state index in [1.807, 2.05) is 70.2 Å². The summed E-state index contributed by atoms with van der Waals surface area (Å²) in [6, 6.07) is 13.9. The molecule has 0 amide bonds. The number of benzene rings is 1. The molecule has 0 spiro atoms. The highest BCUT2D eigenvalue weighted by molar-refractivity contribution is 5.63. The Bertz CT molecular complexity index is 622. The Kier molecular flexibility index (Phi) is 3.23. The molecule has 3 rings (SSSR count). The molecule has 0 bridgehead atoms. The van der Waals surface area contributed by atoms with Crippen LogP contribution in [-0.4, -0.2) is 16.2 Å². The second kappa shape index (κ2) is 4.83. The summed E-state index contributed by atoms with van der Waals surface area (Å²) in [5, 5.41) is 1.49. The summed E-state index contributed by atoms with van der Waals surface area (Å²) < 4.78 is 0. The van der Waals surface area contributed by atoms with Crippen molar-refractivity contribution in [2.75, 3.05) is 5.23 Å². The van der Waals surface area contributed by atoms with Crippen LogP contribution in [0, 0.1) is 0 Å². The molecule has 2 aromatic rings. The van der Waals surface area contributed by atoms with Gasteiger partial charge in [-0.15, -0.1) is 5.23 Å². The van der Waals surface area contributed by atoms with Gasteiger partial charge in [0.25, 0.3) is 0 Å². The predicted octanol–water partition coefficient (Wildman–Crippen LogP) is 3.99. The van der Waals surface area contributed by atoms with Gasteiger partial charge in [0, 0.05) is 11.8 Å². The van der Waals surface area contributed by atoms with E-state index in [1.165, 1.54) is 5.23 Å². The zero-order valence-electron chi connectivity index (χ0n) is 12.8. The Morgan fingerprint density at radius 2 is 1.52 bits per heavy atom. The molecule has 21 heavy (non-hydrogen) atoms. The molecular formula is C17H20N2O2. The summed E-state index contributed by atoms with van der Waals surface area (Å²) in [5.74, 6) is 0. The molecule has 1 aliphatic rings. The van der Waals surface area contributed by atoms with E-state index in [0.29, 0.717) is 0 Å². The first-order valence-electron chi connectivity index (χ1n) is 7.09. The van der Waals surface area contributed by atoms with Crippen LogP contribution in [0.1, 0.15) is 27.7 Å². The fourth-order valence-electron chi connectivity index (χ4n) is 2.06. The van der Waals surface area contributed by atoms with Gasteiger partial charge in [0.05, 0.1) is 11.4 Å². The topological polar surface area (TPSA) is 34.6 Å². The second-order valence-electron chi connectivity index (χ2n) is 6.23. The van der Waals surface area contributed by atoms with E-state index in [2.05, 4.69) is 4.98 Å². The van der Waals surface area contributed by atoms with Gasteiger partial charge in [-0.25, -0.2) is 9.68 Å². The molecule has 1 aliphatic heterocycles. The second-order valence-corrected chi connectivity index (χ2v) is 6.23. The number of hydrogen-bond donors (Lipinski definition) is 0. The van der Waals surface area contributed by atoms with Gasteiger partial charge in [-0.2, -0.15) is 0 Å². The van der Waals surface area contributed by atoms with Crippen LogP contribution in [0.2, 0.25) is 0 Å². The molecule has 0 atom stereocenters. The van der Waals surface area contributed by atoms with Gasteiger partial charge in [-0.1, -0.05) is 30.3 Å². The van der Waals surface area contributed by atoms with Gasteiger partial charge in [0.2, 0.25) is 0 Å². The van der Waals surface area contributed by atoms with Crippen molar-refractivity contribution in [2.24, 2.45) is 0 Å². The van der Waals surface area contributed by atoms with Crippen molar-refractivity contribution in [1.29, 1.82) is 0 Å². The maximum Gasteiger partial charge on any atom is 0.124 e.